The molecule has 3 rings (SSSR count). The summed E-state index contributed by atoms with van der Waals surface area (Å²) in [5.41, 5.74) is 1.37. The molecule has 0 unspecified atom stereocenters. The first-order valence-corrected chi connectivity index (χ1v) is 7.19. The summed E-state index contributed by atoms with van der Waals surface area (Å²) in [4.78, 5) is 25.6. The summed E-state index contributed by atoms with van der Waals surface area (Å²) in [6.45, 7) is 0.459. The average Bonchev–Trinajstić information content (AvgIpc) is 2.56. The predicted molar refractivity (Wildman–Crippen MR) is 80.6 cm³/mol. The zero-order valence-corrected chi connectivity index (χ0v) is 12.2. The van der Waals surface area contributed by atoms with Gasteiger partial charge in [-0.2, -0.15) is 0 Å². The SMILES string of the molecule is O=C(Nc1cnccc1N1CCC(F)(F)CC1)c1ccncn1. The van der Waals surface area contributed by atoms with Crippen LogP contribution in [0.1, 0.15) is 23.3 Å². The molecule has 3 heterocycles. The molecule has 2 aromatic rings. The van der Waals surface area contributed by atoms with Gasteiger partial charge in [-0.15, -0.1) is 0 Å². The van der Waals surface area contributed by atoms with Crippen LogP contribution in [0.25, 0.3) is 0 Å². The Bertz CT molecular complexity index is 685. The van der Waals surface area contributed by atoms with E-state index in [1.54, 1.807) is 12.3 Å². The zero-order chi connectivity index (χ0) is 16.3. The van der Waals surface area contributed by atoms with E-state index in [1.165, 1.54) is 24.8 Å². The summed E-state index contributed by atoms with van der Waals surface area (Å²) in [5.74, 6) is -3.02. The van der Waals surface area contributed by atoms with Crippen LogP contribution in [0.4, 0.5) is 20.2 Å². The van der Waals surface area contributed by atoms with Crippen molar-refractivity contribution in [3.8, 4) is 0 Å². The number of rotatable bonds is 3. The van der Waals surface area contributed by atoms with Gasteiger partial charge in [-0.1, -0.05) is 0 Å². The molecule has 0 atom stereocenters. The van der Waals surface area contributed by atoms with Crippen LogP contribution in [0.2, 0.25) is 0 Å². The number of amides is 1. The van der Waals surface area contributed by atoms with Crippen molar-refractivity contribution in [2.24, 2.45) is 0 Å². The summed E-state index contributed by atoms with van der Waals surface area (Å²) in [6.07, 6.45) is 5.43. The van der Waals surface area contributed by atoms with Crippen molar-refractivity contribution in [1.29, 1.82) is 0 Å². The molecular weight excluding hydrogens is 304 g/mol. The molecule has 0 bridgehead atoms. The minimum Gasteiger partial charge on any atom is -0.369 e. The highest BCUT2D eigenvalue weighted by molar-refractivity contribution is 6.04. The lowest BCUT2D eigenvalue weighted by Gasteiger charge is -2.34. The maximum atomic E-state index is 13.3. The van der Waals surface area contributed by atoms with Gasteiger partial charge >= 0.3 is 0 Å². The Hall–Kier alpha value is -2.64. The molecule has 0 saturated carbocycles. The van der Waals surface area contributed by atoms with Gasteiger partial charge in [0, 0.05) is 38.3 Å². The van der Waals surface area contributed by atoms with E-state index in [1.807, 2.05) is 4.90 Å². The number of aromatic nitrogens is 3. The lowest BCUT2D eigenvalue weighted by atomic mass is 10.1. The fraction of sp³-hybridized carbons (Fsp3) is 0.333. The Kier molecular flexibility index (Phi) is 4.14. The molecule has 120 valence electrons. The Labute approximate surface area is 131 Å². The second-order valence-corrected chi connectivity index (χ2v) is 5.28. The van der Waals surface area contributed by atoms with Gasteiger partial charge in [-0.25, -0.2) is 18.7 Å². The van der Waals surface area contributed by atoms with Crippen molar-refractivity contribution >= 4 is 17.3 Å². The lowest BCUT2D eigenvalue weighted by molar-refractivity contribution is -0.0220. The molecule has 2 aromatic heterocycles. The minimum atomic E-state index is -2.62. The van der Waals surface area contributed by atoms with Crippen LogP contribution in [0, 0.1) is 0 Å². The fourth-order valence-corrected chi connectivity index (χ4v) is 2.45. The first kappa shape index (κ1) is 15.3. The van der Waals surface area contributed by atoms with Crippen LogP contribution >= 0.6 is 0 Å². The highest BCUT2D eigenvalue weighted by Gasteiger charge is 2.34. The molecule has 0 spiro atoms. The first-order chi connectivity index (χ1) is 11.1. The molecule has 1 amide bonds. The molecule has 1 N–H and O–H groups in total. The Balaban J connectivity index is 1.77. The van der Waals surface area contributed by atoms with E-state index in [2.05, 4.69) is 20.3 Å². The van der Waals surface area contributed by atoms with Crippen molar-refractivity contribution < 1.29 is 13.6 Å². The summed E-state index contributed by atoms with van der Waals surface area (Å²) in [5, 5.41) is 2.72. The molecule has 0 aromatic carbocycles. The van der Waals surface area contributed by atoms with E-state index in [-0.39, 0.29) is 31.6 Å². The summed E-state index contributed by atoms with van der Waals surface area (Å²) in [6, 6.07) is 3.20. The Morgan fingerprint density at radius 3 is 2.61 bits per heavy atom. The Morgan fingerprint density at radius 2 is 1.91 bits per heavy atom. The fourth-order valence-electron chi connectivity index (χ4n) is 2.45. The first-order valence-electron chi connectivity index (χ1n) is 7.19. The molecule has 6 nitrogen and oxygen atoms in total. The van der Waals surface area contributed by atoms with Gasteiger partial charge in [0.2, 0.25) is 0 Å². The number of nitrogens with zero attached hydrogens (tertiary/aromatic N) is 4. The number of carbonyl (C=O) groups excluding carboxylic acids is 1. The highest BCUT2D eigenvalue weighted by Crippen LogP contribution is 2.33. The molecule has 23 heavy (non-hydrogen) atoms. The van der Waals surface area contributed by atoms with E-state index in [0.717, 1.165) is 0 Å². The molecule has 1 fully saturated rings. The van der Waals surface area contributed by atoms with Gasteiger partial charge in [0.15, 0.2) is 0 Å². The molecule has 1 aliphatic rings. The monoisotopic (exact) mass is 319 g/mol. The van der Waals surface area contributed by atoms with Gasteiger partial charge in [0.25, 0.3) is 11.8 Å². The highest BCUT2D eigenvalue weighted by atomic mass is 19.3. The van der Waals surface area contributed by atoms with Crippen molar-refractivity contribution in [2.75, 3.05) is 23.3 Å². The van der Waals surface area contributed by atoms with E-state index < -0.39 is 11.8 Å². The van der Waals surface area contributed by atoms with Crippen LogP contribution in [0.15, 0.2) is 37.1 Å². The normalized spacial score (nSPS) is 16.9. The van der Waals surface area contributed by atoms with Crippen LogP contribution in [0.3, 0.4) is 0 Å². The predicted octanol–water partition coefficient (Wildman–Crippen LogP) is 2.36. The standard InChI is InChI=1S/C15H15F2N5O/c16-15(17)3-7-22(8-4-15)13-2-6-18-9-12(13)21-14(23)11-1-5-19-10-20-11/h1-2,5-6,9-10H,3-4,7-8H2,(H,21,23). The van der Waals surface area contributed by atoms with E-state index in [4.69, 9.17) is 0 Å². The van der Waals surface area contributed by atoms with E-state index in [0.29, 0.717) is 11.4 Å². The van der Waals surface area contributed by atoms with Crippen molar-refractivity contribution in [2.45, 2.75) is 18.8 Å². The molecular formula is C15H15F2N5O. The number of alkyl halides is 2. The summed E-state index contributed by atoms with van der Waals surface area (Å²) < 4.78 is 26.6. The molecule has 0 radical (unpaired) electrons. The van der Waals surface area contributed by atoms with Gasteiger partial charge in [0.1, 0.15) is 12.0 Å². The Morgan fingerprint density at radius 1 is 1.17 bits per heavy atom. The number of hydrogen-bond donors (Lipinski definition) is 1. The smallest absolute Gasteiger partial charge is 0.274 e. The van der Waals surface area contributed by atoms with Crippen molar-refractivity contribution in [3.05, 3.63) is 42.7 Å². The molecule has 1 saturated heterocycles. The number of piperidine rings is 1. The van der Waals surface area contributed by atoms with Crippen molar-refractivity contribution in [1.82, 2.24) is 15.0 Å². The second-order valence-electron chi connectivity index (χ2n) is 5.28. The molecule has 8 heteroatoms. The summed E-state index contributed by atoms with van der Waals surface area (Å²) in [7, 11) is 0. The van der Waals surface area contributed by atoms with Gasteiger partial charge in [-0.05, 0) is 12.1 Å². The van der Waals surface area contributed by atoms with Crippen LogP contribution < -0.4 is 10.2 Å². The number of nitrogens with one attached hydrogen (secondary N) is 1. The molecule has 0 aliphatic carbocycles. The number of halogens is 2. The third-order valence-electron chi connectivity index (χ3n) is 3.70. The summed E-state index contributed by atoms with van der Waals surface area (Å²) >= 11 is 0. The number of hydrogen-bond acceptors (Lipinski definition) is 5. The lowest BCUT2D eigenvalue weighted by Crippen LogP contribution is -2.39. The number of anilines is 2. The zero-order valence-electron chi connectivity index (χ0n) is 12.2. The average molecular weight is 319 g/mol. The van der Waals surface area contributed by atoms with Crippen LogP contribution in [-0.2, 0) is 0 Å². The topological polar surface area (TPSA) is 71.0 Å². The van der Waals surface area contributed by atoms with Crippen LogP contribution in [-0.4, -0.2) is 39.9 Å². The largest absolute Gasteiger partial charge is 0.369 e. The quantitative estimate of drug-likeness (QED) is 0.940. The third kappa shape index (κ3) is 3.58. The van der Waals surface area contributed by atoms with Crippen molar-refractivity contribution in [3.63, 3.8) is 0 Å². The van der Waals surface area contributed by atoms with Gasteiger partial charge in [-0.3, -0.25) is 9.78 Å². The number of pyridine rings is 1. The maximum Gasteiger partial charge on any atom is 0.274 e. The second kappa shape index (κ2) is 6.23. The van der Waals surface area contributed by atoms with E-state index >= 15 is 0 Å². The number of carbonyl (C=O) groups is 1. The van der Waals surface area contributed by atoms with Gasteiger partial charge < -0.3 is 10.2 Å². The van der Waals surface area contributed by atoms with E-state index in [9.17, 15) is 13.6 Å². The maximum absolute atomic E-state index is 13.3. The van der Waals surface area contributed by atoms with Crippen LogP contribution in [0.5, 0.6) is 0 Å². The minimum absolute atomic E-state index is 0.200. The third-order valence-corrected chi connectivity index (χ3v) is 3.70. The molecule has 1 aliphatic heterocycles. The van der Waals surface area contributed by atoms with Gasteiger partial charge in [0.05, 0.1) is 17.6 Å².